The zero-order chi connectivity index (χ0) is 9.52. The average molecular weight is 244 g/mol. The second-order valence-electron chi connectivity index (χ2n) is 2.32. The molecule has 0 aliphatic carbocycles. The van der Waals surface area contributed by atoms with Crippen molar-refractivity contribution in [3.8, 4) is 5.75 Å². The van der Waals surface area contributed by atoms with Crippen LogP contribution in [-0.2, 0) is 0 Å². The van der Waals surface area contributed by atoms with Crippen LogP contribution in [0.2, 0.25) is 0 Å². The van der Waals surface area contributed by atoms with Gasteiger partial charge < -0.3 is 10.1 Å². The Kier molecular flexibility index (Phi) is 4.32. The molecule has 70 valence electrons. The summed E-state index contributed by atoms with van der Waals surface area (Å²) in [5.41, 5.74) is 0. The van der Waals surface area contributed by atoms with Crippen molar-refractivity contribution in [3.63, 3.8) is 0 Å². The van der Waals surface area contributed by atoms with Gasteiger partial charge in [-0.2, -0.15) is 0 Å². The molecule has 0 saturated heterocycles. The van der Waals surface area contributed by atoms with E-state index in [9.17, 15) is 4.79 Å². The Morgan fingerprint density at radius 2 is 2.08 bits per heavy atom. The van der Waals surface area contributed by atoms with Gasteiger partial charge in [0.2, 0.25) is 0 Å². The highest BCUT2D eigenvalue weighted by Crippen LogP contribution is 2.07. The molecule has 0 heterocycles. The van der Waals surface area contributed by atoms with Gasteiger partial charge in [0.05, 0.1) is 0 Å². The third kappa shape index (κ3) is 3.94. The summed E-state index contributed by atoms with van der Waals surface area (Å²) in [6, 6.07) is 8.95. The summed E-state index contributed by atoms with van der Waals surface area (Å²) in [5.74, 6) is 0.551. The number of para-hydroxylation sites is 1. The molecule has 1 amide bonds. The zero-order valence-electron chi connectivity index (χ0n) is 7.00. The maximum absolute atomic E-state index is 11.0. The second-order valence-corrected chi connectivity index (χ2v) is 3.11. The summed E-state index contributed by atoms with van der Waals surface area (Å²) in [4.78, 5) is 11.0. The van der Waals surface area contributed by atoms with Crippen molar-refractivity contribution in [1.82, 2.24) is 5.32 Å². The van der Waals surface area contributed by atoms with Gasteiger partial charge in [-0.3, -0.25) is 0 Å². The van der Waals surface area contributed by atoms with Crippen molar-refractivity contribution in [2.45, 2.75) is 0 Å². The number of halogens is 1. The fraction of sp³-hybridized carbons (Fsp3) is 0.222. The molecule has 0 aliphatic heterocycles. The monoisotopic (exact) mass is 243 g/mol. The largest absolute Gasteiger partial charge is 0.412 e. The van der Waals surface area contributed by atoms with Gasteiger partial charge >= 0.3 is 6.09 Å². The first-order chi connectivity index (χ1) is 6.33. The Bertz CT molecular complexity index is 264. The van der Waals surface area contributed by atoms with E-state index in [1.54, 1.807) is 12.1 Å². The molecule has 13 heavy (non-hydrogen) atoms. The van der Waals surface area contributed by atoms with Crippen LogP contribution in [0, 0.1) is 0 Å². The molecule has 0 aliphatic rings. The Morgan fingerprint density at radius 1 is 1.38 bits per heavy atom. The molecule has 3 nitrogen and oxygen atoms in total. The lowest BCUT2D eigenvalue weighted by molar-refractivity contribution is 0.201. The van der Waals surface area contributed by atoms with Crippen LogP contribution in [0.3, 0.4) is 0 Å². The highest BCUT2D eigenvalue weighted by Gasteiger charge is 2.00. The molecular weight excluding hydrogens is 234 g/mol. The van der Waals surface area contributed by atoms with E-state index >= 15 is 0 Å². The minimum Gasteiger partial charge on any atom is -0.410 e. The lowest BCUT2D eigenvalue weighted by Crippen LogP contribution is -2.28. The van der Waals surface area contributed by atoms with Crippen LogP contribution in [0.25, 0.3) is 0 Å². The Balaban J connectivity index is 2.37. The molecule has 0 fully saturated rings. The maximum atomic E-state index is 11.0. The van der Waals surface area contributed by atoms with E-state index in [-0.39, 0.29) is 0 Å². The molecule has 4 heteroatoms. The van der Waals surface area contributed by atoms with Crippen molar-refractivity contribution >= 4 is 22.0 Å². The summed E-state index contributed by atoms with van der Waals surface area (Å²) in [7, 11) is 0. The number of hydrogen-bond acceptors (Lipinski definition) is 2. The van der Waals surface area contributed by atoms with Gasteiger partial charge in [0.25, 0.3) is 0 Å². The number of rotatable bonds is 3. The molecule has 1 rings (SSSR count). The summed E-state index contributed by atoms with van der Waals surface area (Å²) < 4.78 is 4.95. The number of carbonyl (C=O) groups is 1. The van der Waals surface area contributed by atoms with Crippen molar-refractivity contribution in [2.75, 3.05) is 11.9 Å². The lowest BCUT2D eigenvalue weighted by atomic mass is 10.3. The first-order valence-electron chi connectivity index (χ1n) is 3.89. The molecule has 0 bridgehead atoms. The lowest BCUT2D eigenvalue weighted by Gasteiger charge is -2.03. The third-order valence-electron chi connectivity index (χ3n) is 1.32. The predicted molar refractivity (Wildman–Crippen MR) is 54.3 cm³/mol. The molecule has 0 unspecified atom stereocenters. The minimum absolute atomic E-state index is 0.425. The van der Waals surface area contributed by atoms with Crippen LogP contribution in [0.1, 0.15) is 0 Å². The van der Waals surface area contributed by atoms with Gasteiger partial charge in [-0.1, -0.05) is 34.1 Å². The summed E-state index contributed by atoms with van der Waals surface area (Å²) in [6.45, 7) is 0.561. The van der Waals surface area contributed by atoms with Gasteiger partial charge in [0, 0.05) is 11.9 Å². The van der Waals surface area contributed by atoms with Crippen LogP contribution in [0.4, 0.5) is 4.79 Å². The molecular formula is C9H10BrNO2. The number of ether oxygens (including phenoxy) is 1. The number of nitrogens with one attached hydrogen (secondary N) is 1. The van der Waals surface area contributed by atoms with Crippen molar-refractivity contribution < 1.29 is 9.53 Å². The SMILES string of the molecule is O=C(NCCBr)Oc1ccccc1. The van der Waals surface area contributed by atoms with Crippen molar-refractivity contribution in [3.05, 3.63) is 30.3 Å². The summed E-state index contributed by atoms with van der Waals surface area (Å²) >= 11 is 3.19. The highest BCUT2D eigenvalue weighted by molar-refractivity contribution is 9.09. The van der Waals surface area contributed by atoms with Crippen LogP contribution >= 0.6 is 15.9 Å². The molecule has 1 aromatic rings. The zero-order valence-corrected chi connectivity index (χ0v) is 8.58. The first-order valence-corrected chi connectivity index (χ1v) is 5.02. The van der Waals surface area contributed by atoms with Gasteiger partial charge in [-0.25, -0.2) is 4.79 Å². The smallest absolute Gasteiger partial charge is 0.410 e. The van der Waals surface area contributed by atoms with E-state index in [0.717, 1.165) is 5.33 Å². The van der Waals surface area contributed by atoms with Crippen LogP contribution in [0.5, 0.6) is 5.75 Å². The number of alkyl halides is 1. The molecule has 0 spiro atoms. The molecule has 0 atom stereocenters. The molecule has 0 radical (unpaired) electrons. The van der Waals surface area contributed by atoms with E-state index in [4.69, 9.17) is 4.74 Å². The van der Waals surface area contributed by atoms with Crippen molar-refractivity contribution in [1.29, 1.82) is 0 Å². The topological polar surface area (TPSA) is 38.3 Å². The Hall–Kier alpha value is -1.03. The highest BCUT2D eigenvalue weighted by atomic mass is 79.9. The standard InChI is InChI=1S/C9H10BrNO2/c10-6-7-11-9(12)13-8-4-2-1-3-5-8/h1-5H,6-7H2,(H,11,12). The molecule has 0 saturated carbocycles. The summed E-state index contributed by atoms with van der Waals surface area (Å²) in [6.07, 6.45) is -0.425. The van der Waals surface area contributed by atoms with E-state index in [2.05, 4.69) is 21.2 Å². The van der Waals surface area contributed by atoms with Gasteiger partial charge in [0.15, 0.2) is 0 Å². The van der Waals surface area contributed by atoms with Gasteiger partial charge in [-0.15, -0.1) is 0 Å². The number of hydrogen-bond donors (Lipinski definition) is 1. The molecule has 0 aromatic heterocycles. The van der Waals surface area contributed by atoms with Gasteiger partial charge in [-0.05, 0) is 12.1 Å². The Morgan fingerprint density at radius 3 is 2.69 bits per heavy atom. The fourth-order valence-electron chi connectivity index (χ4n) is 0.781. The van der Waals surface area contributed by atoms with E-state index in [1.165, 1.54) is 0 Å². The predicted octanol–water partition coefficient (Wildman–Crippen LogP) is 2.17. The van der Waals surface area contributed by atoms with E-state index in [1.807, 2.05) is 18.2 Å². The minimum atomic E-state index is -0.425. The van der Waals surface area contributed by atoms with Crippen LogP contribution in [0.15, 0.2) is 30.3 Å². The fourth-order valence-corrected chi connectivity index (χ4v) is 0.979. The molecule has 1 aromatic carbocycles. The molecule has 1 N–H and O–H groups in total. The Labute approximate surface area is 85.2 Å². The van der Waals surface area contributed by atoms with Crippen molar-refractivity contribution in [2.24, 2.45) is 0 Å². The van der Waals surface area contributed by atoms with Crippen LogP contribution < -0.4 is 10.1 Å². The summed E-state index contributed by atoms with van der Waals surface area (Å²) in [5, 5.41) is 3.29. The first kappa shape index (κ1) is 10.1. The normalized spacial score (nSPS) is 9.31. The number of benzene rings is 1. The number of amides is 1. The third-order valence-corrected chi connectivity index (χ3v) is 1.71. The maximum Gasteiger partial charge on any atom is 0.412 e. The van der Waals surface area contributed by atoms with Gasteiger partial charge in [0.1, 0.15) is 5.75 Å². The van der Waals surface area contributed by atoms with Crippen LogP contribution in [-0.4, -0.2) is 18.0 Å². The van der Waals surface area contributed by atoms with E-state index < -0.39 is 6.09 Å². The average Bonchev–Trinajstić information content (AvgIpc) is 2.16. The quantitative estimate of drug-likeness (QED) is 0.827. The number of carbonyl (C=O) groups excluding carboxylic acids is 1. The second kappa shape index (κ2) is 5.59. The van der Waals surface area contributed by atoms with E-state index in [0.29, 0.717) is 12.3 Å².